The van der Waals surface area contributed by atoms with E-state index in [-0.39, 0.29) is 11.3 Å². The molecule has 2 atom stereocenters. The van der Waals surface area contributed by atoms with Gasteiger partial charge in [-0.1, -0.05) is 20.8 Å². The summed E-state index contributed by atoms with van der Waals surface area (Å²) in [5, 5.41) is 12.4. The Hall–Kier alpha value is -1.92. The number of rotatable bonds is 4. The van der Waals surface area contributed by atoms with Crippen molar-refractivity contribution in [3.05, 3.63) is 12.3 Å². The van der Waals surface area contributed by atoms with Crippen molar-refractivity contribution in [3.63, 3.8) is 0 Å². The minimum atomic E-state index is -0.976. The maximum absolute atomic E-state index is 11.9. The van der Waals surface area contributed by atoms with Crippen LogP contribution in [-0.2, 0) is 9.47 Å². The number of methoxy groups -OCH3 is 1. The molecule has 1 fully saturated rings. The summed E-state index contributed by atoms with van der Waals surface area (Å²) in [6.07, 6.45) is 2.48. The summed E-state index contributed by atoms with van der Waals surface area (Å²) >= 11 is 0. The van der Waals surface area contributed by atoms with E-state index in [0.717, 1.165) is 0 Å². The molecule has 144 valence electrons. The summed E-state index contributed by atoms with van der Waals surface area (Å²) < 4.78 is 10.3. The van der Waals surface area contributed by atoms with E-state index in [0.29, 0.717) is 19.5 Å². The van der Waals surface area contributed by atoms with E-state index >= 15 is 0 Å². The van der Waals surface area contributed by atoms with Crippen LogP contribution in [0.1, 0.15) is 48.0 Å². The fraction of sp³-hybridized carbons (Fsp3) is 0.778. The fourth-order valence-electron chi connectivity index (χ4n) is 3.26. The lowest BCUT2D eigenvalue weighted by atomic mass is 9.70. The Balaban J connectivity index is 2.93. The zero-order chi connectivity index (χ0) is 19.5. The van der Waals surface area contributed by atoms with Gasteiger partial charge in [-0.25, -0.2) is 9.59 Å². The first-order valence-corrected chi connectivity index (χ1v) is 8.50. The molecule has 0 bridgehead atoms. The van der Waals surface area contributed by atoms with Crippen molar-refractivity contribution < 1.29 is 24.2 Å². The maximum Gasteiger partial charge on any atom is 0.408 e. The molecule has 0 aromatic rings. The quantitative estimate of drug-likeness (QED) is 0.753. The monoisotopic (exact) mass is 356 g/mol. The highest BCUT2D eigenvalue weighted by Gasteiger charge is 2.53. The normalized spacial score (nSPS) is 24.4. The highest BCUT2D eigenvalue weighted by molar-refractivity contribution is 5.68. The summed E-state index contributed by atoms with van der Waals surface area (Å²) in [5.74, 6) is -0.00986. The number of carboxylic acid groups (broad SMARTS) is 1. The highest BCUT2D eigenvalue weighted by atomic mass is 16.6. The number of nitrogens with one attached hydrogen (secondary N) is 1. The zero-order valence-electron chi connectivity index (χ0n) is 16.4. The van der Waals surface area contributed by atoms with Crippen LogP contribution in [0.4, 0.5) is 9.59 Å². The number of ether oxygens (including phenoxy) is 2. The van der Waals surface area contributed by atoms with Gasteiger partial charge in [0.1, 0.15) is 5.60 Å². The second-order valence-electron chi connectivity index (χ2n) is 8.56. The molecule has 1 heterocycles. The van der Waals surface area contributed by atoms with Crippen LogP contribution in [0, 0.1) is 11.3 Å². The van der Waals surface area contributed by atoms with Crippen molar-refractivity contribution in [2.45, 2.75) is 59.1 Å². The molecule has 0 radical (unpaired) electrons. The predicted molar refractivity (Wildman–Crippen MR) is 95.4 cm³/mol. The third kappa shape index (κ3) is 5.28. The Bertz CT molecular complexity index is 519. The van der Waals surface area contributed by atoms with Gasteiger partial charge in [-0.3, -0.25) is 4.90 Å². The van der Waals surface area contributed by atoms with Crippen LogP contribution >= 0.6 is 0 Å². The molecule has 1 aliphatic heterocycles. The van der Waals surface area contributed by atoms with Gasteiger partial charge < -0.3 is 19.9 Å². The molecule has 0 aromatic heterocycles. The van der Waals surface area contributed by atoms with Gasteiger partial charge in [0.05, 0.1) is 18.9 Å². The molecule has 1 rings (SSSR count). The molecule has 0 aromatic carbocycles. The molecule has 0 unspecified atom stereocenters. The van der Waals surface area contributed by atoms with Crippen LogP contribution < -0.4 is 5.32 Å². The summed E-state index contributed by atoms with van der Waals surface area (Å²) in [4.78, 5) is 25.1. The minimum Gasteiger partial charge on any atom is -0.505 e. The number of nitrogens with zero attached hydrogens (tertiary/aromatic N) is 1. The Morgan fingerprint density at radius 1 is 1.28 bits per heavy atom. The number of hydrogen-bond donors (Lipinski definition) is 2. The Kier molecular flexibility index (Phi) is 6.37. The lowest BCUT2D eigenvalue weighted by Crippen LogP contribution is -2.53. The van der Waals surface area contributed by atoms with Gasteiger partial charge in [0.25, 0.3) is 0 Å². The minimum absolute atomic E-state index is 0.00986. The maximum atomic E-state index is 11.9. The molecule has 2 N–H and O–H groups in total. The number of alkyl carbamates (subject to hydrolysis) is 1. The second kappa shape index (κ2) is 7.54. The van der Waals surface area contributed by atoms with Gasteiger partial charge in [-0.15, -0.1) is 0 Å². The molecular formula is C18H32N2O5. The Labute approximate surface area is 150 Å². The molecule has 2 amide bonds. The predicted octanol–water partition coefficient (Wildman–Crippen LogP) is 3.46. The topological polar surface area (TPSA) is 88.1 Å². The number of carbonyl (C=O) groups is 2. The highest BCUT2D eigenvalue weighted by Crippen LogP contribution is 2.46. The summed E-state index contributed by atoms with van der Waals surface area (Å²) in [6.45, 7) is 12.1. The molecule has 0 saturated carbocycles. The van der Waals surface area contributed by atoms with Gasteiger partial charge in [-0.05, 0) is 44.6 Å². The number of likely N-dealkylation sites (tertiary alicyclic amines) is 1. The van der Waals surface area contributed by atoms with Crippen LogP contribution in [0.15, 0.2) is 12.3 Å². The van der Waals surface area contributed by atoms with E-state index in [4.69, 9.17) is 9.47 Å². The van der Waals surface area contributed by atoms with Crippen molar-refractivity contribution in [1.82, 2.24) is 10.2 Å². The third-order valence-corrected chi connectivity index (χ3v) is 4.47. The lowest BCUT2D eigenvalue weighted by molar-refractivity contribution is 0.0519. The Morgan fingerprint density at radius 2 is 1.88 bits per heavy atom. The van der Waals surface area contributed by atoms with Crippen molar-refractivity contribution in [2.75, 3.05) is 20.2 Å². The van der Waals surface area contributed by atoms with E-state index in [1.807, 2.05) is 26.8 Å². The molecular weight excluding hydrogens is 324 g/mol. The first-order valence-electron chi connectivity index (χ1n) is 8.50. The number of carbonyl (C=O) groups excluding carboxylic acids is 1. The molecule has 0 spiro atoms. The standard InChI is InChI=1S/C18H32N2O5/c1-16(2,3)18(8-9-24-7)10-13(12-20(18)15(22)23)11-19-14(21)25-17(4,5)6/h8-9,13H,10-12H2,1-7H3,(H,19,21)(H,22,23)/t13-,18+/m1/s1. The van der Waals surface area contributed by atoms with E-state index in [1.165, 1.54) is 18.3 Å². The number of hydrogen-bond acceptors (Lipinski definition) is 4. The van der Waals surface area contributed by atoms with Crippen molar-refractivity contribution >= 4 is 12.2 Å². The first kappa shape index (κ1) is 21.1. The van der Waals surface area contributed by atoms with Crippen LogP contribution in [-0.4, -0.2) is 53.5 Å². The third-order valence-electron chi connectivity index (χ3n) is 4.47. The van der Waals surface area contributed by atoms with E-state index in [2.05, 4.69) is 5.32 Å². The molecule has 1 saturated heterocycles. The average Bonchev–Trinajstić information content (AvgIpc) is 2.81. The van der Waals surface area contributed by atoms with Crippen LogP contribution in [0.3, 0.4) is 0 Å². The SMILES string of the molecule is COC=C[C@@]1(C(C)(C)C)C[C@H](CNC(=O)OC(C)(C)C)CN1C(=O)O. The van der Waals surface area contributed by atoms with E-state index < -0.39 is 23.3 Å². The molecule has 1 aliphatic rings. The largest absolute Gasteiger partial charge is 0.505 e. The second-order valence-corrected chi connectivity index (χ2v) is 8.56. The van der Waals surface area contributed by atoms with Gasteiger partial charge in [0.15, 0.2) is 0 Å². The first-order chi connectivity index (χ1) is 11.3. The van der Waals surface area contributed by atoms with Gasteiger partial charge in [0.2, 0.25) is 0 Å². The molecule has 7 heteroatoms. The van der Waals surface area contributed by atoms with Gasteiger partial charge in [0, 0.05) is 13.1 Å². The van der Waals surface area contributed by atoms with Gasteiger partial charge in [-0.2, -0.15) is 0 Å². The van der Waals surface area contributed by atoms with Crippen LogP contribution in [0.5, 0.6) is 0 Å². The molecule has 0 aliphatic carbocycles. The fourth-order valence-corrected chi connectivity index (χ4v) is 3.26. The zero-order valence-corrected chi connectivity index (χ0v) is 16.4. The molecule has 7 nitrogen and oxygen atoms in total. The lowest BCUT2D eigenvalue weighted by Gasteiger charge is -2.44. The summed E-state index contributed by atoms with van der Waals surface area (Å²) in [7, 11) is 1.54. The van der Waals surface area contributed by atoms with Crippen molar-refractivity contribution in [2.24, 2.45) is 11.3 Å². The molecule has 25 heavy (non-hydrogen) atoms. The van der Waals surface area contributed by atoms with Crippen LogP contribution in [0.2, 0.25) is 0 Å². The van der Waals surface area contributed by atoms with Crippen LogP contribution in [0.25, 0.3) is 0 Å². The average molecular weight is 356 g/mol. The van der Waals surface area contributed by atoms with E-state index in [1.54, 1.807) is 20.8 Å². The smallest absolute Gasteiger partial charge is 0.408 e. The van der Waals surface area contributed by atoms with Crippen molar-refractivity contribution in [3.8, 4) is 0 Å². The van der Waals surface area contributed by atoms with E-state index in [9.17, 15) is 14.7 Å². The van der Waals surface area contributed by atoms with Crippen molar-refractivity contribution in [1.29, 1.82) is 0 Å². The summed E-state index contributed by atoms with van der Waals surface area (Å²) in [5.41, 5.74) is -1.60. The van der Waals surface area contributed by atoms with Gasteiger partial charge >= 0.3 is 12.2 Å². The summed E-state index contributed by atoms with van der Waals surface area (Å²) in [6, 6.07) is 0. The number of amides is 2. The Morgan fingerprint density at radius 3 is 2.32 bits per heavy atom.